The highest BCUT2D eigenvalue weighted by Gasteiger charge is 2.06. The molecule has 0 aliphatic rings. The first-order valence-electron chi connectivity index (χ1n) is 6.95. The summed E-state index contributed by atoms with van der Waals surface area (Å²) in [5, 5.41) is 19.0. The number of nitrogens with one attached hydrogen (secondary N) is 1. The first-order valence-corrected chi connectivity index (χ1v) is 6.95. The van der Waals surface area contributed by atoms with Gasteiger partial charge in [-0.2, -0.15) is 9.78 Å². The Balaban J connectivity index is 1.78. The molecule has 0 saturated heterocycles. The molecule has 2 heterocycles. The largest absolute Gasteiger partial charge is 0.378 e. The van der Waals surface area contributed by atoms with Gasteiger partial charge in [-0.15, -0.1) is 5.10 Å². The summed E-state index contributed by atoms with van der Waals surface area (Å²) in [7, 11) is 0. The van der Waals surface area contributed by atoms with Crippen molar-refractivity contribution in [2.75, 3.05) is 5.32 Å². The number of benzene rings is 1. The van der Waals surface area contributed by atoms with Crippen molar-refractivity contribution in [1.82, 2.24) is 30.0 Å². The van der Waals surface area contributed by atoms with E-state index in [1.165, 1.54) is 0 Å². The molecule has 7 heteroatoms. The minimum Gasteiger partial charge on any atom is -0.378 e. The second kappa shape index (κ2) is 6.17. The summed E-state index contributed by atoms with van der Waals surface area (Å²) in [4.78, 5) is 0. The van der Waals surface area contributed by atoms with Gasteiger partial charge in [0.1, 0.15) is 6.33 Å². The lowest BCUT2D eigenvalue weighted by Gasteiger charge is -2.12. The van der Waals surface area contributed by atoms with E-state index in [4.69, 9.17) is 0 Å². The van der Waals surface area contributed by atoms with Crippen molar-refractivity contribution in [3.8, 4) is 5.69 Å². The van der Waals surface area contributed by atoms with Crippen LogP contribution in [0, 0.1) is 0 Å². The predicted octanol–water partition coefficient (Wildman–Crippen LogP) is 1.88. The first-order chi connectivity index (χ1) is 10.4. The number of hydrogen-bond acceptors (Lipinski definition) is 5. The molecule has 108 valence electrons. The van der Waals surface area contributed by atoms with Gasteiger partial charge in [0.05, 0.1) is 23.6 Å². The zero-order chi connectivity index (χ0) is 14.5. The monoisotopic (exact) mass is 283 g/mol. The Labute approximate surface area is 122 Å². The van der Waals surface area contributed by atoms with Crippen LogP contribution in [0.15, 0.2) is 42.9 Å². The fourth-order valence-corrected chi connectivity index (χ4v) is 2.20. The first kappa shape index (κ1) is 13.3. The zero-order valence-corrected chi connectivity index (χ0v) is 11.8. The number of rotatable bonds is 6. The third kappa shape index (κ3) is 2.91. The molecule has 0 saturated carbocycles. The van der Waals surface area contributed by atoms with Gasteiger partial charge >= 0.3 is 0 Å². The molecule has 0 bridgehead atoms. The maximum absolute atomic E-state index is 4.33. The van der Waals surface area contributed by atoms with E-state index in [0.717, 1.165) is 30.0 Å². The van der Waals surface area contributed by atoms with Gasteiger partial charge in [-0.1, -0.05) is 19.1 Å². The standard InChI is InChI=1S/C14H17N7/c1-2-9-20-12(7-8-17-20)10-15-13-5-3-4-6-14(13)21-11-16-18-19-21/h3-8,11,15H,2,9-10H2,1H3. The average Bonchev–Trinajstić information content (AvgIpc) is 3.17. The van der Waals surface area contributed by atoms with Gasteiger partial charge in [0.2, 0.25) is 0 Å². The van der Waals surface area contributed by atoms with Gasteiger partial charge in [0.15, 0.2) is 0 Å². The van der Waals surface area contributed by atoms with Gasteiger partial charge < -0.3 is 5.32 Å². The minimum atomic E-state index is 0.707. The predicted molar refractivity (Wildman–Crippen MR) is 79.0 cm³/mol. The molecule has 7 nitrogen and oxygen atoms in total. The number of tetrazole rings is 1. The highest BCUT2D eigenvalue weighted by atomic mass is 15.5. The Morgan fingerprint density at radius 2 is 2.10 bits per heavy atom. The van der Waals surface area contributed by atoms with E-state index in [2.05, 4.69) is 32.9 Å². The molecule has 0 amide bonds. The van der Waals surface area contributed by atoms with Crippen molar-refractivity contribution in [2.45, 2.75) is 26.4 Å². The minimum absolute atomic E-state index is 0.707. The van der Waals surface area contributed by atoms with E-state index in [1.807, 2.05) is 41.2 Å². The molecule has 0 aliphatic heterocycles. The van der Waals surface area contributed by atoms with Gasteiger partial charge in [0.25, 0.3) is 0 Å². The summed E-state index contributed by atoms with van der Waals surface area (Å²) in [6, 6.07) is 9.96. The summed E-state index contributed by atoms with van der Waals surface area (Å²) in [5.74, 6) is 0. The van der Waals surface area contributed by atoms with E-state index in [1.54, 1.807) is 11.0 Å². The summed E-state index contributed by atoms with van der Waals surface area (Å²) < 4.78 is 3.66. The lowest BCUT2D eigenvalue weighted by molar-refractivity contribution is 0.578. The average molecular weight is 283 g/mol. The molecule has 3 aromatic rings. The summed E-state index contributed by atoms with van der Waals surface area (Å²) in [6.45, 7) is 3.78. The highest BCUT2D eigenvalue weighted by molar-refractivity contribution is 5.60. The Morgan fingerprint density at radius 3 is 2.90 bits per heavy atom. The van der Waals surface area contributed by atoms with E-state index in [0.29, 0.717) is 6.54 Å². The van der Waals surface area contributed by atoms with Crippen molar-refractivity contribution in [3.63, 3.8) is 0 Å². The van der Waals surface area contributed by atoms with Crippen LogP contribution in [-0.2, 0) is 13.1 Å². The molecule has 0 spiro atoms. The van der Waals surface area contributed by atoms with E-state index in [9.17, 15) is 0 Å². The zero-order valence-electron chi connectivity index (χ0n) is 11.8. The van der Waals surface area contributed by atoms with E-state index >= 15 is 0 Å². The third-order valence-electron chi connectivity index (χ3n) is 3.20. The number of aryl methyl sites for hydroxylation is 1. The molecular weight excluding hydrogens is 266 g/mol. The lowest BCUT2D eigenvalue weighted by Crippen LogP contribution is -2.10. The van der Waals surface area contributed by atoms with Crippen LogP contribution >= 0.6 is 0 Å². The van der Waals surface area contributed by atoms with Crippen LogP contribution < -0.4 is 5.32 Å². The van der Waals surface area contributed by atoms with Gasteiger partial charge in [-0.25, -0.2) is 0 Å². The number of aromatic nitrogens is 6. The maximum Gasteiger partial charge on any atom is 0.143 e. The highest BCUT2D eigenvalue weighted by Crippen LogP contribution is 2.19. The van der Waals surface area contributed by atoms with Crippen LogP contribution in [0.3, 0.4) is 0 Å². The number of nitrogens with zero attached hydrogens (tertiary/aromatic N) is 6. The van der Waals surface area contributed by atoms with Gasteiger partial charge in [0, 0.05) is 12.7 Å². The number of para-hydroxylation sites is 2. The van der Waals surface area contributed by atoms with E-state index < -0.39 is 0 Å². The van der Waals surface area contributed by atoms with Crippen LogP contribution in [0.2, 0.25) is 0 Å². The van der Waals surface area contributed by atoms with Crippen LogP contribution in [0.5, 0.6) is 0 Å². The fraction of sp³-hybridized carbons (Fsp3) is 0.286. The fourth-order valence-electron chi connectivity index (χ4n) is 2.20. The van der Waals surface area contributed by atoms with Crippen molar-refractivity contribution < 1.29 is 0 Å². The Morgan fingerprint density at radius 1 is 1.19 bits per heavy atom. The Hall–Kier alpha value is -2.70. The van der Waals surface area contributed by atoms with Gasteiger partial charge in [-0.3, -0.25) is 4.68 Å². The van der Waals surface area contributed by atoms with Crippen molar-refractivity contribution in [2.24, 2.45) is 0 Å². The molecule has 0 atom stereocenters. The van der Waals surface area contributed by atoms with Crippen LogP contribution in [0.1, 0.15) is 19.0 Å². The smallest absolute Gasteiger partial charge is 0.143 e. The summed E-state index contributed by atoms with van der Waals surface area (Å²) in [5.41, 5.74) is 3.06. The maximum atomic E-state index is 4.33. The second-order valence-corrected chi connectivity index (χ2v) is 4.67. The quantitative estimate of drug-likeness (QED) is 0.747. The summed E-state index contributed by atoms with van der Waals surface area (Å²) in [6.07, 6.45) is 4.48. The lowest BCUT2D eigenvalue weighted by atomic mass is 10.2. The second-order valence-electron chi connectivity index (χ2n) is 4.67. The molecule has 2 aromatic heterocycles. The molecule has 0 unspecified atom stereocenters. The van der Waals surface area contributed by atoms with Gasteiger partial charge in [-0.05, 0) is 35.0 Å². The SMILES string of the molecule is CCCn1nccc1CNc1ccccc1-n1cnnn1. The molecule has 21 heavy (non-hydrogen) atoms. The van der Waals surface area contributed by atoms with Crippen LogP contribution in [0.4, 0.5) is 5.69 Å². The molecule has 1 N–H and O–H groups in total. The van der Waals surface area contributed by atoms with Crippen molar-refractivity contribution in [3.05, 3.63) is 48.5 Å². The molecule has 1 aromatic carbocycles. The molecule has 3 rings (SSSR count). The normalized spacial score (nSPS) is 10.7. The number of hydrogen-bond donors (Lipinski definition) is 1. The molecule has 0 radical (unpaired) electrons. The van der Waals surface area contributed by atoms with Crippen molar-refractivity contribution >= 4 is 5.69 Å². The third-order valence-corrected chi connectivity index (χ3v) is 3.20. The van der Waals surface area contributed by atoms with Crippen molar-refractivity contribution in [1.29, 1.82) is 0 Å². The Kier molecular flexibility index (Phi) is 3.90. The van der Waals surface area contributed by atoms with E-state index in [-0.39, 0.29) is 0 Å². The molecule has 0 fully saturated rings. The molecule has 0 aliphatic carbocycles. The Bertz CT molecular complexity index is 687. The topological polar surface area (TPSA) is 73.5 Å². The molecular formula is C14H17N7. The number of anilines is 1. The van der Waals surface area contributed by atoms with Crippen LogP contribution in [0.25, 0.3) is 5.69 Å². The van der Waals surface area contributed by atoms with Crippen LogP contribution in [-0.4, -0.2) is 30.0 Å². The summed E-state index contributed by atoms with van der Waals surface area (Å²) >= 11 is 0.